The molecule has 1 aromatic heterocycles. The van der Waals surface area contributed by atoms with Crippen molar-refractivity contribution < 1.29 is 17.9 Å². The van der Waals surface area contributed by atoms with Gasteiger partial charge in [0.1, 0.15) is 17.1 Å². The summed E-state index contributed by atoms with van der Waals surface area (Å²) in [4.78, 5) is 14.7. The molecule has 40 heavy (non-hydrogen) atoms. The molecular formula is C30H37F3N6O. The minimum absolute atomic E-state index is 0.0615. The van der Waals surface area contributed by atoms with Crippen LogP contribution in [0, 0.1) is 17.5 Å². The van der Waals surface area contributed by atoms with Crippen LogP contribution >= 0.6 is 0 Å². The van der Waals surface area contributed by atoms with E-state index in [1.54, 1.807) is 18.2 Å². The van der Waals surface area contributed by atoms with Gasteiger partial charge in [-0.15, -0.1) is 0 Å². The summed E-state index contributed by atoms with van der Waals surface area (Å²) in [5.41, 5.74) is 1.14. The van der Waals surface area contributed by atoms with Gasteiger partial charge >= 0.3 is 0 Å². The normalized spacial score (nSPS) is 17.3. The van der Waals surface area contributed by atoms with Crippen molar-refractivity contribution in [3.63, 3.8) is 0 Å². The summed E-state index contributed by atoms with van der Waals surface area (Å²) in [6.45, 7) is 9.95. The van der Waals surface area contributed by atoms with Gasteiger partial charge in [-0.3, -0.25) is 0 Å². The van der Waals surface area contributed by atoms with E-state index in [2.05, 4.69) is 39.2 Å². The second-order valence-corrected chi connectivity index (χ2v) is 11.8. The van der Waals surface area contributed by atoms with Crippen LogP contribution in [0.2, 0.25) is 0 Å². The quantitative estimate of drug-likeness (QED) is 0.388. The van der Waals surface area contributed by atoms with Crippen LogP contribution in [0.15, 0.2) is 36.5 Å². The lowest BCUT2D eigenvalue weighted by molar-refractivity contribution is 0.0967. The van der Waals surface area contributed by atoms with Gasteiger partial charge in [-0.25, -0.2) is 23.1 Å². The lowest BCUT2D eigenvalue weighted by Crippen LogP contribution is -2.49. The fourth-order valence-corrected chi connectivity index (χ4v) is 5.52. The van der Waals surface area contributed by atoms with E-state index in [0.717, 1.165) is 32.1 Å². The summed E-state index contributed by atoms with van der Waals surface area (Å²) in [7, 11) is 4.14. The molecule has 7 nitrogen and oxygen atoms in total. The number of piperidine rings is 1. The van der Waals surface area contributed by atoms with Crippen molar-refractivity contribution in [2.45, 2.75) is 58.2 Å². The van der Waals surface area contributed by atoms with Gasteiger partial charge in [0, 0.05) is 36.4 Å². The van der Waals surface area contributed by atoms with Crippen molar-refractivity contribution in [1.82, 2.24) is 14.9 Å². The number of hydrogen-bond acceptors (Lipinski definition) is 7. The zero-order valence-electron chi connectivity index (χ0n) is 23.9. The van der Waals surface area contributed by atoms with Gasteiger partial charge in [-0.1, -0.05) is 0 Å². The van der Waals surface area contributed by atoms with Gasteiger partial charge < -0.3 is 24.8 Å². The minimum Gasteiger partial charge on any atom is -0.481 e. The van der Waals surface area contributed by atoms with Crippen LogP contribution in [0.1, 0.15) is 40.5 Å². The first-order valence-electron chi connectivity index (χ1n) is 13.7. The molecule has 3 heterocycles. The van der Waals surface area contributed by atoms with Gasteiger partial charge in [0.25, 0.3) is 0 Å². The Morgan fingerprint density at radius 3 is 2.38 bits per heavy atom. The highest BCUT2D eigenvalue weighted by Crippen LogP contribution is 2.43. The Hall–Kier alpha value is -3.53. The zero-order chi connectivity index (χ0) is 28.8. The molecule has 2 aliphatic rings. The van der Waals surface area contributed by atoms with Crippen molar-refractivity contribution in [3.8, 4) is 17.0 Å². The smallest absolute Gasteiger partial charge is 0.227 e. The number of rotatable bonds is 6. The Morgan fingerprint density at radius 2 is 1.73 bits per heavy atom. The predicted molar refractivity (Wildman–Crippen MR) is 153 cm³/mol. The molecule has 10 heteroatoms. The molecule has 214 valence electrons. The summed E-state index contributed by atoms with van der Waals surface area (Å²) >= 11 is 0. The number of nitrogens with one attached hydrogen (secondary N) is 1. The van der Waals surface area contributed by atoms with Crippen LogP contribution in [0.4, 0.5) is 36.2 Å². The first-order chi connectivity index (χ1) is 18.9. The van der Waals surface area contributed by atoms with Gasteiger partial charge in [0.15, 0.2) is 17.4 Å². The average molecular weight is 555 g/mol. The fourth-order valence-electron chi connectivity index (χ4n) is 5.52. The van der Waals surface area contributed by atoms with E-state index in [4.69, 9.17) is 4.74 Å². The highest BCUT2D eigenvalue weighted by atomic mass is 19.1. The highest BCUT2D eigenvalue weighted by molar-refractivity contribution is 5.73. The van der Waals surface area contributed by atoms with Crippen molar-refractivity contribution >= 4 is 23.0 Å². The van der Waals surface area contributed by atoms with E-state index in [9.17, 15) is 4.39 Å². The number of benzene rings is 2. The molecule has 1 saturated heterocycles. The summed E-state index contributed by atoms with van der Waals surface area (Å²) in [6, 6.07) is 8.36. The maximum atomic E-state index is 15.3. The molecule has 5 rings (SSSR count). The molecule has 0 atom stereocenters. The van der Waals surface area contributed by atoms with Gasteiger partial charge in [-0.05, 0) is 85.0 Å². The third-order valence-corrected chi connectivity index (χ3v) is 7.64. The number of halogens is 3. The molecule has 3 aromatic rings. The number of aromatic nitrogens is 2. The molecular weight excluding hydrogens is 517 g/mol. The largest absolute Gasteiger partial charge is 0.481 e. The summed E-state index contributed by atoms with van der Waals surface area (Å²) in [5, 5.41) is 2.97. The second kappa shape index (κ2) is 10.8. The van der Waals surface area contributed by atoms with Crippen molar-refractivity contribution in [2.24, 2.45) is 0 Å². The summed E-state index contributed by atoms with van der Waals surface area (Å²) in [6.07, 6.45) is 2.98. The van der Waals surface area contributed by atoms with Crippen LogP contribution < -0.4 is 19.9 Å². The van der Waals surface area contributed by atoms with Crippen LogP contribution in [0.3, 0.4) is 0 Å². The van der Waals surface area contributed by atoms with E-state index in [1.165, 1.54) is 12.1 Å². The lowest BCUT2D eigenvalue weighted by Gasteiger charge is -2.43. The standard InChI is InChI=1S/C30H37F3N6O/c1-18(2)39-17-30(3,4)40-28-23(32)13-19(14-26(28)39)27-24(33)16-34-29(36-27)35-20-7-8-25(22(31)15-20)38-11-9-21(10-12-38)37(5)6/h7-8,13-16,18,21H,9-12,17H2,1-6H3,(H,34,35,36). The molecule has 0 spiro atoms. The molecule has 0 unspecified atom stereocenters. The predicted octanol–water partition coefficient (Wildman–Crippen LogP) is 6.22. The van der Waals surface area contributed by atoms with Crippen molar-refractivity contribution in [3.05, 3.63) is 54.0 Å². The highest BCUT2D eigenvalue weighted by Gasteiger charge is 2.35. The number of ether oxygens (including phenoxy) is 1. The van der Waals surface area contributed by atoms with Gasteiger partial charge in [-0.2, -0.15) is 0 Å². The Kier molecular flexibility index (Phi) is 7.56. The van der Waals surface area contributed by atoms with E-state index < -0.39 is 17.2 Å². The van der Waals surface area contributed by atoms with Crippen molar-refractivity contribution in [1.29, 1.82) is 0 Å². The molecule has 0 amide bonds. The topological polar surface area (TPSA) is 56.8 Å². The molecule has 0 aliphatic carbocycles. The third-order valence-electron chi connectivity index (χ3n) is 7.64. The average Bonchev–Trinajstić information content (AvgIpc) is 2.89. The molecule has 0 saturated carbocycles. The molecule has 0 bridgehead atoms. The van der Waals surface area contributed by atoms with Crippen LogP contribution in [0.25, 0.3) is 11.3 Å². The first kappa shape index (κ1) is 28.0. The number of fused-ring (bicyclic) bond motifs is 1. The molecule has 1 N–H and O–H groups in total. The molecule has 2 aliphatic heterocycles. The maximum Gasteiger partial charge on any atom is 0.227 e. The Bertz CT molecular complexity index is 1390. The monoisotopic (exact) mass is 554 g/mol. The number of anilines is 4. The van der Waals surface area contributed by atoms with E-state index in [-0.39, 0.29) is 34.8 Å². The lowest BCUT2D eigenvalue weighted by atomic mass is 10.0. The molecule has 1 fully saturated rings. The minimum atomic E-state index is -0.694. The van der Waals surface area contributed by atoms with E-state index in [0.29, 0.717) is 29.6 Å². The zero-order valence-corrected chi connectivity index (χ0v) is 23.9. The second-order valence-electron chi connectivity index (χ2n) is 11.8. The van der Waals surface area contributed by atoms with Crippen LogP contribution in [0.5, 0.6) is 5.75 Å². The van der Waals surface area contributed by atoms with Crippen LogP contribution in [-0.4, -0.2) is 66.3 Å². The SMILES string of the molecule is CC(C)N1CC(C)(C)Oc2c(F)cc(-c3nc(Nc4ccc(N5CCC(N(C)C)CC5)c(F)c4)ncc3F)cc21. The Morgan fingerprint density at radius 1 is 1.00 bits per heavy atom. The Labute approximate surface area is 234 Å². The summed E-state index contributed by atoms with van der Waals surface area (Å²) in [5.74, 6) is -1.43. The number of nitrogens with zero attached hydrogens (tertiary/aromatic N) is 5. The number of hydrogen-bond donors (Lipinski definition) is 1. The van der Waals surface area contributed by atoms with Crippen molar-refractivity contribution in [2.75, 3.05) is 48.8 Å². The fraction of sp³-hybridized carbons (Fsp3) is 0.467. The summed E-state index contributed by atoms with van der Waals surface area (Å²) < 4.78 is 51.3. The van der Waals surface area contributed by atoms with E-state index >= 15 is 8.78 Å². The first-order valence-corrected chi connectivity index (χ1v) is 13.7. The van der Waals surface area contributed by atoms with E-state index in [1.807, 2.05) is 32.6 Å². The maximum absolute atomic E-state index is 15.3. The van der Waals surface area contributed by atoms with Gasteiger partial charge in [0.2, 0.25) is 5.95 Å². The van der Waals surface area contributed by atoms with Crippen LogP contribution in [-0.2, 0) is 0 Å². The Balaban J connectivity index is 1.39. The molecule has 0 radical (unpaired) electrons. The van der Waals surface area contributed by atoms with Gasteiger partial charge in [0.05, 0.1) is 24.1 Å². The third kappa shape index (κ3) is 5.68. The molecule has 2 aromatic carbocycles.